The topological polar surface area (TPSA) is 71.0 Å². The van der Waals surface area contributed by atoms with Gasteiger partial charge in [0.05, 0.1) is 0 Å². The molecule has 2 rings (SSSR count). The molecule has 2 aromatic heterocycles. The van der Waals surface area contributed by atoms with E-state index in [0.717, 1.165) is 23.4 Å². The zero-order chi connectivity index (χ0) is 16.7. The number of unbranched alkanes of at least 4 members (excludes halogenated alkanes) is 2. The molecular formula is C16H23N5OS. The van der Waals surface area contributed by atoms with Gasteiger partial charge in [0, 0.05) is 18.8 Å². The number of pyridine rings is 1. The molecule has 124 valence electrons. The van der Waals surface area contributed by atoms with Crippen LogP contribution in [0.3, 0.4) is 0 Å². The lowest BCUT2D eigenvalue weighted by atomic mass is 10.1. The maximum Gasteiger partial charge on any atom is 0.248 e. The van der Waals surface area contributed by atoms with E-state index in [1.807, 2.05) is 31.1 Å². The summed E-state index contributed by atoms with van der Waals surface area (Å²) in [6.07, 6.45) is 7.79. The summed E-state index contributed by atoms with van der Waals surface area (Å²) < 4.78 is 0. The maximum atomic E-state index is 12.6. The van der Waals surface area contributed by atoms with E-state index in [-0.39, 0.29) is 5.91 Å². The minimum absolute atomic E-state index is 0.126. The third-order valence-electron chi connectivity index (χ3n) is 3.46. The normalized spacial score (nSPS) is 12.3. The molecule has 0 radical (unpaired) electrons. The van der Waals surface area contributed by atoms with Crippen molar-refractivity contribution < 1.29 is 4.79 Å². The van der Waals surface area contributed by atoms with Crippen LogP contribution in [0.2, 0.25) is 0 Å². The minimum atomic E-state index is -0.406. The van der Waals surface area contributed by atoms with E-state index in [2.05, 4.69) is 27.4 Å². The second kappa shape index (κ2) is 8.69. The molecule has 1 amide bonds. The lowest BCUT2D eigenvalue weighted by Crippen LogP contribution is -2.32. The summed E-state index contributed by atoms with van der Waals surface area (Å²) in [6, 6.07) is 3.32. The van der Waals surface area contributed by atoms with Gasteiger partial charge < -0.3 is 0 Å². The standard InChI is InChI=1S/C16H23N5OS/c1-4-5-6-9-13-19-20-16(23-13)18-15(22)14(21(2)3)12-8-7-10-17-11-12/h7-8,10-11,14H,4-6,9H2,1-3H3,(H,18,20,22)/t14-/m0/s1. The molecule has 23 heavy (non-hydrogen) atoms. The second-order valence-electron chi connectivity index (χ2n) is 5.60. The van der Waals surface area contributed by atoms with Gasteiger partial charge in [0.1, 0.15) is 11.0 Å². The predicted octanol–water partition coefficient (Wildman–Crippen LogP) is 2.91. The van der Waals surface area contributed by atoms with Crippen molar-refractivity contribution in [3.63, 3.8) is 0 Å². The predicted molar refractivity (Wildman–Crippen MR) is 92.4 cm³/mol. The largest absolute Gasteiger partial charge is 0.299 e. The first kappa shape index (κ1) is 17.5. The van der Waals surface area contributed by atoms with Gasteiger partial charge in [-0.3, -0.25) is 20.0 Å². The van der Waals surface area contributed by atoms with Crippen molar-refractivity contribution in [3.8, 4) is 0 Å². The highest BCUT2D eigenvalue weighted by Gasteiger charge is 2.24. The molecule has 2 heterocycles. The second-order valence-corrected chi connectivity index (χ2v) is 6.66. The molecule has 0 bridgehead atoms. The van der Waals surface area contributed by atoms with Crippen molar-refractivity contribution >= 4 is 22.4 Å². The fraction of sp³-hybridized carbons (Fsp3) is 0.500. The van der Waals surface area contributed by atoms with E-state index in [1.54, 1.807) is 12.4 Å². The molecule has 0 aliphatic rings. The molecule has 2 aromatic rings. The number of nitrogens with zero attached hydrogens (tertiary/aromatic N) is 4. The molecule has 7 heteroatoms. The Labute approximate surface area is 141 Å². The number of hydrogen-bond donors (Lipinski definition) is 1. The molecular weight excluding hydrogens is 310 g/mol. The number of hydrogen-bond acceptors (Lipinski definition) is 6. The molecule has 0 unspecified atom stereocenters. The molecule has 6 nitrogen and oxygen atoms in total. The van der Waals surface area contributed by atoms with Crippen LogP contribution in [-0.4, -0.2) is 40.1 Å². The Morgan fingerprint density at radius 2 is 2.17 bits per heavy atom. The van der Waals surface area contributed by atoms with Crippen LogP contribution >= 0.6 is 11.3 Å². The SMILES string of the molecule is CCCCCc1nnc(NC(=O)[C@H](c2cccnc2)N(C)C)s1. The number of anilines is 1. The molecule has 0 aromatic carbocycles. The monoisotopic (exact) mass is 333 g/mol. The van der Waals surface area contributed by atoms with Gasteiger partial charge in [0.15, 0.2) is 0 Å². The zero-order valence-corrected chi connectivity index (χ0v) is 14.6. The average Bonchev–Trinajstić information content (AvgIpc) is 2.96. The Morgan fingerprint density at radius 1 is 1.35 bits per heavy atom. The number of rotatable bonds is 8. The van der Waals surface area contributed by atoms with Crippen molar-refractivity contribution in [1.29, 1.82) is 0 Å². The highest BCUT2D eigenvalue weighted by atomic mass is 32.1. The number of aromatic nitrogens is 3. The van der Waals surface area contributed by atoms with E-state index >= 15 is 0 Å². The van der Waals surface area contributed by atoms with Crippen LogP contribution in [0.25, 0.3) is 0 Å². The molecule has 0 saturated heterocycles. The Morgan fingerprint density at radius 3 is 2.83 bits per heavy atom. The van der Waals surface area contributed by atoms with Crippen LogP contribution < -0.4 is 5.32 Å². The summed E-state index contributed by atoms with van der Waals surface area (Å²) in [5.41, 5.74) is 0.850. The smallest absolute Gasteiger partial charge is 0.248 e. The first-order chi connectivity index (χ1) is 11.1. The maximum absolute atomic E-state index is 12.6. The first-order valence-electron chi connectivity index (χ1n) is 7.81. The van der Waals surface area contributed by atoms with Crippen LogP contribution in [0.4, 0.5) is 5.13 Å². The Bertz CT molecular complexity index is 614. The zero-order valence-electron chi connectivity index (χ0n) is 13.8. The Hall–Kier alpha value is -1.86. The minimum Gasteiger partial charge on any atom is -0.299 e. The lowest BCUT2D eigenvalue weighted by molar-refractivity contribution is -0.120. The molecule has 1 atom stereocenters. The van der Waals surface area contributed by atoms with Crippen molar-refractivity contribution in [2.75, 3.05) is 19.4 Å². The van der Waals surface area contributed by atoms with E-state index in [1.165, 1.54) is 24.2 Å². The summed E-state index contributed by atoms with van der Waals surface area (Å²) in [6.45, 7) is 2.17. The van der Waals surface area contributed by atoms with E-state index < -0.39 is 6.04 Å². The number of carbonyl (C=O) groups excluding carboxylic acids is 1. The third-order valence-corrected chi connectivity index (χ3v) is 4.35. The van der Waals surface area contributed by atoms with Crippen LogP contribution in [-0.2, 0) is 11.2 Å². The van der Waals surface area contributed by atoms with Crippen LogP contribution in [0.15, 0.2) is 24.5 Å². The van der Waals surface area contributed by atoms with Crippen molar-refractivity contribution in [2.24, 2.45) is 0 Å². The molecule has 0 aliphatic heterocycles. The number of carbonyl (C=O) groups is 1. The van der Waals surface area contributed by atoms with Gasteiger partial charge >= 0.3 is 0 Å². The molecule has 0 saturated carbocycles. The van der Waals surface area contributed by atoms with E-state index in [4.69, 9.17) is 0 Å². The number of likely N-dealkylation sites (N-methyl/N-ethyl adjacent to an activating group) is 1. The van der Waals surface area contributed by atoms with Gasteiger partial charge in [-0.15, -0.1) is 10.2 Å². The Kier molecular flexibility index (Phi) is 6.61. The molecule has 1 N–H and O–H groups in total. The van der Waals surface area contributed by atoms with Crippen molar-refractivity contribution in [1.82, 2.24) is 20.1 Å². The van der Waals surface area contributed by atoms with Gasteiger partial charge in [0.2, 0.25) is 11.0 Å². The van der Waals surface area contributed by atoms with Crippen LogP contribution in [0, 0.1) is 0 Å². The lowest BCUT2D eigenvalue weighted by Gasteiger charge is -2.22. The Balaban J connectivity index is 2.02. The highest BCUT2D eigenvalue weighted by Crippen LogP contribution is 2.22. The van der Waals surface area contributed by atoms with Crippen molar-refractivity contribution in [2.45, 2.75) is 38.6 Å². The van der Waals surface area contributed by atoms with E-state index in [9.17, 15) is 4.79 Å². The summed E-state index contributed by atoms with van der Waals surface area (Å²) in [7, 11) is 3.74. The number of aryl methyl sites for hydroxylation is 1. The number of nitrogens with one attached hydrogen (secondary N) is 1. The third kappa shape index (κ3) is 5.07. The first-order valence-corrected chi connectivity index (χ1v) is 8.63. The van der Waals surface area contributed by atoms with Crippen LogP contribution in [0.5, 0.6) is 0 Å². The van der Waals surface area contributed by atoms with Gasteiger partial charge in [-0.1, -0.05) is 37.2 Å². The summed E-state index contributed by atoms with van der Waals surface area (Å²) in [5.74, 6) is -0.126. The van der Waals surface area contributed by atoms with Crippen LogP contribution in [0.1, 0.15) is 42.8 Å². The van der Waals surface area contributed by atoms with Gasteiger partial charge in [-0.05, 0) is 32.1 Å². The fourth-order valence-electron chi connectivity index (χ4n) is 2.33. The summed E-state index contributed by atoms with van der Waals surface area (Å²) >= 11 is 1.45. The average molecular weight is 333 g/mol. The fourth-order valence-corrected chi connectivity index (χ4v) is 3.11. The van der Waals surface area contributed by atoms with Gasteiger partial charge in [-0.2, -0.15) is 0 Å². The molecule has 0 aliphatic carbocycles. The van der Waals surface area contributed by atoms with E-state index in [0.29, 0.717) is 5.13 Å². The van der Waals surface area contributed by atoms with Crippen molar-refractivity contribution in [3.05, 3.63) is 35.1 Å². The molecule has 0 fully saturated rings. The van der Waals surface area contributed by atoms with Gasteiger partial charge in [0.25, 0.3) is 0 Å². The quantitative estimate of drug-likeness (QED) is 0.752. The summed E-state index contributed by atoms with van der Waals surface area (Å²) in [5, 5.41) is 12.6. The number of amides is 1. The summed E-state index contributed by atoms with van der Waals surface area (Å²) in [4.78, 5) is 18.5. The molecule has 0 spiro atoms. The highest BCUT2D eigenvalue weighted by molar-refractivity contribution is 7.15. The van der Waals surface area contributed by atoms with Gasteiger partial charge in [-0.25, -0.2) is 0 Å².